The van der Waals surface area contributed by atoms with Crippen molar-refractivity contribution in [3.05, 3.63) is 52.2 Å². The number of aromatic amines is 1. The lowest BCUT2D eigenvalue weighted by Crippen LogP contribution is -2.05. The Morgan fingerprint density at radius 2 is 2.24 bits per heavy atom. The third-order valence-electron chi connectivity index (χ3n) is 2.03. The molecule has 0 aliphatic rings. The molecule has 0 amide bonds. The first-order chi connectivity index (χ1) is 8.19. The number of nitrogens with zero attached hydrogens (tertiary/aromatic N) is 1. The highest BCUT2D eigenvalue weighted by Crippen LogP contribution is 2.26. The van der Waals surface area contributed by atoms with E-state index < -0.39 is 5.82 Å². The molecule has 0 saturated heterocycles. The monoisotopic (exact) mass is 252 g/mol. The molecule has 0 spiro atoms. The molecule has 0 radical (unpaired) electrons. The molecule has 88 valence electrons. The summed E-state index contributed by atoms with van der Waals surface area (Å²) in [6.45, 7) is -0.206. The van der Waals surface area contributed by atoms with Crippen molar-refractivity contribution in [3.8, 4) is 0 Å². The van der Waals surface area contributed by atoms with Gasteiger partial charge in [-0.15, -0.1) is 0 Å². The van der Waals surface area contributed by atoms with Crippen molar-refractivity contribution < 1.29 is 9.50 Å². The van der Waals surface area contributed by atoms with E-state index in [2.05, 4.69) is 9.97 Å². The van der Waals surface area contributed by atoms with Gasteiger partial charge in [-0.25, -0.2) is 9.37 Å². The number of H-pyrrole nitrogens is 1. The average Bonchev–Trinajstić information content (AvgIpc) is 2.32. The van der Waals surface area contributed by atoms with Crippen LogP contribution in [0.2, 0.25) is 0 Å². The summed E-state index contributed by atoms with van der Waals surface area (Å²) in [4.78, 5) is 17.8. The molecule has 4 nitrogen and oxygen atoms in total. The van der Waals surface area contributed by atoms with Crippen molar-refractivity contribution in [2.75, 3.05) is 0 Å². The fourth-order valence-electron chi connectivity index (χ4n) is 1.23. The zero-order valence-electron chi connectivity index (χ0n) is 8.68. The van der Waals surface area contributed by atoms with Crippen LogP contribution >= 0.6 is 11.8 Å². The van der Waals surface area contributed by atoms with Gasteiger partial charge in [0.25, 0.3) is 5.56 Å². The maximum Gasteiger partial charge on any atom is 0.251 e. The first-order valence-electron chi connectivity index (χ1n) is 4.81. The van der Waals surface area contributed by atoms with E-state index in [4.69, 9.17) is 5.11 Å². The van der Waals surface area contributed by atoms with Crippen LogP contribution in [0.15, 0.2) is 45.3 Å². The minimum atomic E-state index is -0.451. The predicted molar refractivity (Wildman–Crippen MR) is 61.3 cm³/mol. The van der Waals surface area contributed by atoms with Gasteiger partial charge in [0.1, 0.15) is 5.82 Å². The number of rotatable bonds is 3. The Labute approximate surface area is 101 Å². The smallest absolute Gasteiger partial charge is 0.251 e. The zero-order valence-corrected chi connectivity index (χ0v) is 9.50. The second kappa shape index (κ2) is 5.11. The minimum Gasteiger partial charge on any atom is -0.392 e. The van der Waals surface area contributed by atoms with E-state index in [1.54, 1.807) is 12.1 Å². The number of hydrogen-bond acceptors (Lipinski definition) is 4. The molecule has 0 aliphatic heterocycles. The standard InChI is InChI=1S/C11H9FN2O2S/c12-8-5-7(6-15)1-2-9(8)17-11-13-4-3-10(16)14-11/h1-5,15H,6H2,(H,13,14,16). The van der Waals surface area contributed by atoms with Crippen molar-refractivity contribution in [3.63, 3.8) is 0 Å². The first-order valence-corrected chi connectivity index (χ1v) is 5.63. The van der Waals surface area contributed by atoms with Crippen LogP contribution in [0, 0.1) is 5.82 Å². The summed E-state index contributed by atoms with van der Waals surface area (Å²) in [5.74, 6) is -0.451. The predicted octanol–water partition coefficient (Wildman–Crippen LogP) is 1.55. The van der Waals surface area contributed by atoms with Gasteiger partial charge in [0.2, 0.25) is 0 Å². The topological polar surface area (TPSA) is 66.0 Å². The van der Waals surface area contributed by atoms with E-state index in [0.717, 1.165) is 11.8 Å². The molecule has 1 aromatic heterocycles. The van der Waals surface area contributed by atoms with Gasteiger partial charge in [0.15, 0.2) is 5.16 Å². The Kier molecular flexibility index (Phi) is 3.55. The summed E-state index contributed by atoms with van der Waals surface area (Å²) < 4.78 is 13.6. The third kappa shape index (κ3) is 2.92. The van der Waals surface area contributed by atoms with Crippen LogP contribution in [-0.4, -0.2) is 15.1 Å². The van der Waals surface area contributed by atoms with Gasteiger partial charge in [0, 0.05) is 12.3 Å². The van der Waals surface area contributed by atoms with Crippen molar-refractivity contribution >= 4 is 11.8 Å². The molecule has 0 fully saturated rings. The Balaban J connectivity index is 2.27. The molecule has 0 unspecified atom stereocenters. The molecule has 0 atom stereocenters. The van der Waals surface area contributed by atoms with Gasteiger partial charge in [-0.1, -0.05) is 6.07 Å². The fraction of sp³-hybridized carbons (Fsp3) is 0.0909. The quantitative estimate of drug-likeness (QED) is 0.813. The second-order valence-electron chi connectivity index (χ2n) is 3.26. The van der Waals surface area contributed by atoms with E-state index in [1.165, 1.54) is 18.3 Å². The lowest BCUT2D eigenvalue weighted by atomic mass is 10.2. The van der Waals surface area contributed by atoms with Crippen LogP contribution in [0.1, 0.15) is 5.56 Å². The summed E-state index contributed by atoms with van der Waals surface area (Å²) in [5, 5.41) is 9.17. The largest absolute Gasteiger partial charge is 0.392 e. The zero-order chi connectivity index (χ0) is 12.3. The van der Waals surface area contributed by atoms with Gasteiger partial charge in [-0.05, 0) is 29.5 Å². The fourth-order valence-corrected chi connectivity index (χ4v) is 2.00. The van der Waals surface area contributed by atoms with E-state index in [-0.39, 0.29) is 12.2 Å². The molecule has 6 heteroatoms. The van der Waals surface area contributed by atoms with Gasteiger partial charge in [-0.2, -0.15) is 0 Å². The van der Waals surface area contributed by atoms with Gasteiger partial charge < -0.3 is 10.1 Å². The average molecular weight is 252 g/mol. The number of aliphatic hydroxyl groups is 1. The number of aromatic nitrogens is 2. The van der Waals surface area contributed by atoms with E-state index in [1.807, 2.05) is 0 Å². The molecule has 0 aliphatic carbocycles. The minimum absolute atomic E-state index is 0.206. The molecule has 1 aromatic carbocycles. The van der Waals surface area contributed by atoms with E-state index in [0.29, 0.717) is 15.6 Å². The summed E-state index contributed by atoms with van der Waals surface area (Å²) >= 11 is 1.02. The normalized spacial score (nSPS) is 10.5. The van der Waals surface area contributed by atoms with E-state index in [9.17, 15) is 9.18 Å². The van der Waals surface area contributed by atoms with Crippen molar-refractivity contribution in [1.29, 1.82) is 0 Å². The Bertz CT molecular complexity index is 586. The number of aliphatic hydroxyl groups excluding tert-OH is 1. The van der Waals surface area contributed by atoms with Crippen molar-refractivity contribution in [2.45, 2.75) is 16.7 Å². The highest BCUT2D eigenvalue weighted by molar-refractivity contribution is 7.99. The molecule has 1 heterocycles. The number of benzene rings is 1. The molecule has 0 saturated carbocycles. The Morgan fingerprint density at radius 1 is 1.41 bits per heavy atom. The van der Waals surface area contributed by atoms with Crippen molar-refractivity contribution in [2.24, 2.45) is 0 Å². The molecule has 0 bridgehead atoms. The maximum absolute atomic E-state index is 13.6. The van der Waals surface area contributed by atoms with Crippen LogP contribution in [0.3, 0.4) is 0 Å². The molecule has 17 heavy (non-hydrogen) atoms. The molecule has 2 aromatic rings. The third-order valence-corrected chi connectivity index (χ3v) is 2.99. The number of hydrogen-bond donors (Lipinski definition) is 2. The molecule has 2 N–H and O–H groups in total. The Hall–Kier alpha value is -1.66. The number of halogens is 1. The molecular weight excluding hydrogens is 243 g/mol. The van der Waals surface area contributed by atoms with Gasteiger partial charge >= 0.3 is 0 Å². The first kappa shape index (κ1) is 11.8. The highest BCUT2D eigenvalue weighted by Gasteiger charge is 2.06. The molecule has 2 rings (SSSR count). The maximum atomic E-state index is 13.6. The summed E-state index contributed by atoms with van der Waals surface area (Å²) in [6, 6.07) is 5.70. The van der Waals surface area contributed by atoms with Gasteiger partial charge in [-0.3, -0.25) is 4.79 Å². The van der Waals surface area contributed by atoms with Crippen molar-refractivity contribution in [1.82, 2.24) is 9.97 Å². The summed E-state index contributed by atoms with van der Waals surface area (Å²) in [6.07, 6.45) is 1.36. The van der Waals surface area contributed by atoms with Crippen LogP contribution in [-0.2, 0) is 6.61 Å². The van der Waals surface area contributed by atoms with Crippen LogP contribution < -0.4 is 5.56 Å². The van der Waals surface area contributed by atoms with E-state index >= 15 is 0 Å². The van der Waals surface area contributed by atoms with Gasteiger partial charge in [0.05, 0.1) is 11.5 Å². The SMILES string of the molecule is O=c1ccnc(Sc2ccc(CO)cc2F)[nH]1. The summed E-state index contributed by atoms with van der Waals surface area (Å²) in [5.41, 5.74) is 0.219. The Morgan fingerprint density at radius 3 is 2.88 bits per heavy atom. The van der Waals surface area contributed by atoms with Crippen LogP contribution in [0.25, 0.3) is 0 Å². The summed E-state index contributed by atoms with van der Waals surface area (Å²) in [7, 11) is 0. The lowest BCUT2D eigenvalue weighted by molar-refractivity contribution is 0.281. The molecular formula is C11H9FN2O2S. The number of nitrogens with one attached hydrogen (secondary N) is 1. The van der Waals surface area contributed by atoms with Crippen LogP contribution in [0.5, 0.6) is 0 Å². The second-order valence-corrected chi connectivity index (χ2v) is 4.29. The highest BCUT2D eigenvalue weighted by atomic mass is 32.2. The van der Waals surface area contributed by atoms with Crippen LogP contribution in [0.4, 0.5) is 4.39 Å². The lowest BCUT2D eigenvalue weighted by Gasteiger charge is -2.03.